The van der Waals surface area contributed by atoms with Crippen LogP contribution in [0.4, 0.5) is 0 Å². The van der Waals surface area contributed by atoms with Crippen molar-refractivity contribution in [1.82, 2.24) is 5.32 Å². The van der Waals surface area contributed by atoms with Gasteiger partial charge in [0.2, 0.25) is 0 Å². The van der Waals surface area contributed by atoms with Crippen LogP contribution in [0.2, 0.25) is 0 Å². The third kappa shape index (κ3) is 5.31. The lowest BCUT2D eigenvalue weighted by Crippen LogP contribution is -2.67. The van der Waals surface area contributed by atoms with Crippen LogP contribution in [-0.2, 0) is 4.79 Å². The van der Waals surface area contributed by atoms with E-state index in [4.69, 9.17) is 0 Å². The summed E-state index contributed by atoms with van der Waals surface area (Å²) >= 11 is 2.16. The van der Waals surface area contributed by atoms with Gasteiger partial charge in [-0.05, 0) is 170 Å². The molecule has 2 N–H and O–H groups in total. The van der Waals surface area contributed by atoms with Crippen molar-refractivity contribution >= 4 is 17.7 Å². The van der Waals surface area contributed by atoms with Crippen molar-refractivity contribution in [3.05, 3.63) is 23.3 Å². The van der Waals surface area contributed by atoms with Crippen molar-refractivity contribution in [3.8, 4) is 0 Å². The number of carboxylic acid groups (broad SMARTS) is 1. The molecule has 248 valence electrons. The first-order valence-corrected chi connectivity index (χ1v) is 20.0. The zero-order chi connectivity index (χ0) is 31.4. The van der Waals surface area contributed by atoms with Crippen LogP contribution in [0.25, 0.3) is 0 Å². The van der Waals surface area contributed by atoms with E-state index in [9.17, 15) is 9.90 Å². The topological polar surface area (TPSA) is 49.3 Å². The van der Waals surface area contributed by atoms with Crippen LogP contribution in [0.15, 0.2) is 23.3 Å². The number of hydrogen-bond acceptors (Lipinski definition) is 3. The standard InChI is InChI=1S/C40H65NO2S/c1-7-9-29(11-14-35(42)43)30-15-21-37(4)33(36(30,2)3)16-22-39(6)34(37)13-12-31-32-10-8-20-40(32,24-23-38(31,39)5)41-25-17-28-18-26-44-27-19-28/h9,15,28,31-34,41H,7-8,10-14,16-27H2,1-6H3,(H,42,43)/b29-9+/t31-,32?,33?,34?,37+,38-,39-,40+/m1/s1. The molecule has 8 atom stereocenters. The third-order valence-corrected chi connectivity index (χ3v) is 16.8. The van der Waals surface area contributed by atoms with E-state index >= 15 is 0 Å². The minimum Gasteiger partial charge on any atom is -0.481 e. The number of carboxylic acids is 1. The summed E-state index contributed by atoms with van der Waals surface area (Å²) in [6, 6.07) is 0. The fourth-order valence-corrected chi connectivity index (χ4v) is 14.6. The Hall–Kier alpha value is -0.740. The van der Waals surface area contributed by atoms with Gasteiger partial charge in [0.25, 0.3) is 0 Å². The molecular formula is C40H65NO2S. The molecule has 6 aliphatic rings. The Morgan fingerprint density at radius 1 is 0.909 bits per heavy atom. The van der Waals surface area contributed by atoms with Gasteiger partial charge in [-0.25, -0.2) is 0 Å². The van der Waals surface area contributed by atoms with E-state index in [1.165, 1.54) is 113 Å². The van der Waals surface area contributed by atoms with Gasteiger partial charge in [0.1, 0.15) is 0 Å². The number of hydrogen-bond donors (Lipinski definition) is 2. The van der Waals surface area contributed by atoms with Crippen molar-refractivity contribution in [3.63, 3.8) is 0 Å². The van der Waals surface area contributed by atoms with E-state index in [-0.39, 0.29) is 11.8 Å². The maximum absolute atomic E-state index is 11.5. The summed E-state index contributed by atoms with van der Waals surface area (Å²) in [5.74, 6) is 6.22. The number of allylic oxidation sites excluding steroid dienone is 4. The molecule has 0 amide bonds. The molecule has 5 fully saturated rings. The lowest BCUT2D eigenvalue weighted by molar-refractivity contribution is -0.218. The Morgan fingerprint density at radius 3 is 2.41 bits per heavy atom. The Kier molecular flexibility index (Phi) is 9.33. The van der Waals surface area contributed by atoms with Crippen molar-refractivity contribution in [2.45, 2.75) is 150 Å². The molecule has 1 heterocycles. The molecule has 0 spiro atoms. The van der Waals surface area contributed by atoms with E-state index in [0.29, 0.717) is 34.1 Å². The predicted octanol–water partition coefficient (Wildman–Crippen LogP) is 10.5. The monoisotopic (exact) mass is 623 g/mol. The number of carbonyl (C=O) groups is 1. The third-order valence-electron chi connectivity index (χ3n) is 15.7. The fourth-order valence-electron chi connectivity index (χ4n) is 13.4. The summed E-state index contributed by atoms with van der Waals surface area (Å²) in [5.41, 5.74) is 4.44. The van der Waals surface area contributed by atoms with Crippen LogP contribution >= 0.6 is 11.8 Å². The molecule has 3 nitrogen and oxygen atoms in total. The zero-order valence-electron chi connectivity index (χ0n) is 29.2. The molecule has 5 aliphatic carbocycles. The van der Waals surface area contributed by atoms with Crippen LogP contribution in [0.5, 0.6) is 0 Å². The van der Waals surface area contributed by atoms with Crippen LogP contribution < -0.4 is 5.32 Å². The smallest absolute Gasteiger partial charge is 0.303 e. The molecule has 0 aromatic heterocycles. The molecule has 1 saturated heterocycles. The second kappa shape index (κ2) is 12.4. The average molecular weight is 624 g/mol. The first-order valence-electron chi connectivity index (χ1n) is 18.9. The summed E-state index contributed by atoms with van der Waals surface area (Å²) in [6.45, 7) is 16.7. The highest BCUT2D eigenvalue weighted by molar-refractivity contribution is 7.99. The zero-order valence-corrected chi connectivity index (χ0v) is 30.1. The summed E-state index contributed by atoms with van der Waals surface area (Å²) < 4.78 is 0. The van der Waals surface area contributed by atoms with E-state index in [2.05, 4.69) is 70.8 Å². The van der Waals surface area contributed by atoms with Gasteiger partial charge in [-0.2, -0.15) is 11.8 Å². The van der Waals surface area contributed by atoms with Gasteiger partial charge in [0, 0.05) is 12.0 Å². The normalized spacial score (nSPS) is 43.8. The number of fused-ring (bicyclic) bond motifs is 7. The molecule has 4 heteroatoms. The van der Waals surface area contributed by atoms with Gasteiger partial charge in [-0.3, -0.25) is 4.79 Å². The quantitative estimate of drug-likeness (QED) is 0.268. The summed E-state index contributed by atoms with van der Waals surface area (Å²) in [4.78, 5) is 11.5. The summed E-state index contributed by atoms with van der Waals surface area (Å²) in [7, 11) is 0. The van der Waals surface area contributed by atoms with Crippen molar-refractivity contribution in [1.29, 1.82) is 0 Å². The number of aliphatic carboxylic acids is 1. The molecule has 3 unspecified atom stereocenters. The SMILES string of the molecule is CC/C=C(\CCC(=O)O)C1=CC[C@@]2(C)C(CC[C@]3(C)C2CC[C@@H]2C4CCC[C@]4(NCCC4CCSCC4)CC[C@]23C)C1(C)C. The second-order valence-corrected chi connectivity index (χ2v) is 18.9. The second-order valence-electron chi connectivity index (χ2n) is 17.7. The van der Waals surface area contributed by atoms with Gasteiger partial charge >= 0.3 is 5.97 Å². The van der Waals surface area contributed by atoms with E-state index in [1.807, 2.05) is 0 Å². The largest absolute Gasteiger partial charge is 0.481 e. The van der Waals surface area contributed by atoms with Gasteiger partial charge in [-0.1, -0.05) is 60.1 Å². The Labute approximate surface area is 274 Å². The minimum absolute atomic E-state index is 0.0830. The maximum atomic E-state index is 11.5. The summed E-state index contributed by atoms with van der Waals surface area (Å²) in [6.07, 6.45) is 24.9. The van der Waals surface area contributed by atoms with Gasteiger partial charge in [0.15, 0.2) is 0 Å². The first kappa shape index (κ1) is 33.2. The number of thioether (sulfide) groups is 1. The molecule has 44 heavy (non-hydrogen) atoms. The molecule has 0 aromatic carbocycles. The van der Waals surface area contributed by atoms with Crippen molar-refractivity contribution in [2.24, 2.45) is 51.2 Å². The predicted molar refractivity (Wildman–Crippen MR) is 187 cm³/mol. The molecule has 4 saturated carbocycles. The highest BCUT2D eigenvalue weighted by Crippen LogP contribution is 2.76. The molecule has 1 aliphatic heterocycles. The Morgan fingerprint density at radius 2 is 1.68 bits per heavy atom. The van der Waals surface area contributed by atoms with Crippen molar-refractivity contribution < 1.29 is 9.90 Å². The van der Waals surface area contributed by atoms with Gasteiger partial charge in [-0.15, -0.1) is 0 Å². The fraction of sp³-hybridized carbons (Fsp3) is 0.875. The first-order chi connectivity index (χ1) is 20.9. The van der Waals surface area contributed by atoms with E-state index < -0.39 is 5.97 Å². The van der Waals surface area contributed by atoms with Crippen LogP contribution in [-0.4, -0.2) is 34.7 Å². The molecule has 0 aromatic rings. The number of rotatable bonds is 9. The van der Waals surface area contributed by atoms with Gasteiger partial charge < -0.3 is 10.4 Å². The van der Waals surface area contributed by atoms with Gasteiger partial charge in [0.05, 0.1) is 0 Å². The number of nitrogens with one attached hydrogen (secondary N) is 1. The van der Waals surface area contributed by atoms with E-state index in [1.54, 1.807) is 0 Å². The Bertz CT molecular complexity index is 1140. The van der Waals surface area contributed by atoms with E-state index in [0.717, 1.165) is 30.1 Å². The summed E-state index contributed by atoms with van der Waals surface area (Å²) in [5, 5.41) is 13.8. The van der Waals surface area contributed by atoms with Crippen LogP contribution in [0.3, 0.4) is 0 Å². The molecule has 6 rings (SSSR count). The molecule has 0 bridgehead atoms. The maximum Gasteiger partial charge on any atom is 0.303 e. The lowest BCUT2D eigenvalue weighted by atomic mass is 9.33. The highest BCUT2D eigenvalue weighted by atomic mass is 32.2. The van der Waals surface area contributed by atoms with Crippen LogP contribution in [0.1, 0.15) is 144 Å². The minimum atomic E-state index is -0.679. The average Bonchev–Trinajstić information content (AvgIpc) is 3.40. The van der Waals surface area contributed by atoms with Crippen LogP contribution in [0, 0.1) is 51.2 Å². The molecular weight excluding hydrogens is 559 g/mol. The highest BCUT2D eigenvalue weighted by Gasteiger charge is 2.69. The lowest BCUT2D eigenvalue weighted by Gasteiger charge is -2.72. The Balaban J connectivity index is 1.23. The van der Waals surface area contributed by atoms with Crippen molar-refractivity contribution in [2.75, 3.05) is 18.1 Å². The molecule has 0 radical (unpaired) electrons.